The number of hydrogen-bond acceptors (Lipinski definition) is 5. The number of halogens is 1. The van der Waals surface area contributed by atoms with Gasteiger partial charge >= 0.3 is 0 Å². The molecule has 4 rings (SSSR count). The molecule has 28 heavy (non-hydrogen) atoms. The standard InChI is InChI=1S/C19H17FN6O2/c1-12-9-17(27)21-15-7-2-3-8-16(15)26(12)18(28)11-25-23-19(22-24-25)13-5-4-6-14(20)10-13/h2-8,10,12H,9,11H2,1H3,(H,21,27)/t12-/m1/s1. The van der Waals surface area contributed by atoms with Crippen LogP contribution in [0, 0.1) is 5.82 Å². The van der Waals surface area contributed by atoms with Crippen molar-refractivity contribution in [2.45, 2.75) is 25.9 Å². The van der Waals surface area contributed by atoms with Crippen LogP contribution in [0.15, 0.2) is 48.5 Å². The van der Waals surface area contributed by atoms with Crippen molar-refractivity contribution in [3.8, 4) is 11.4 Å². The molecule has 0 fully saturated rings. The Bertz CT molecular complexity index is 1050. The molecule has 2 amide bonds. The third kappa shape index (κ3) is 3.46. The second-order valence-electron chi connectivity index (χ2n) is 6.54. The highest BCUT2D eigenvalue weighted by Gasteiger charge is 2.30. The van der Waals surface area contributed by atoms with E-state index in [1.54, 1.807) is 41.3 Å². The molecule has 0 radical (unpaired) electrons. The molecule has 0 saturated carbocycles. The van der Waals surface area contributed by atoms with E-state index in [0.717, 1.165) is 4.80 Å². The number of anilines is 2. The van der Waals surface area contributed by atoms with Crippen molar-refractivity contribution in [1.29, 1.82) is 0 Å². The fraction of sp³-hybridized carbons (Fsp3) is 0.211. The molecule has 1 atom stereocenters. The number of amides is 2. The lowest BCUT2D eigenvalue weighted by Crippen LogP contribution is -2.41. The summed E-state index contributed by atoms with van der Waals surface area (Å²) in [6.45, 7) is 1.65. The quantitative estimate of drug-likeness (QED) is 0.752. The summed E-state index contributed by atoms with van der Waals surface area (Å²) in [6.07, 6.45) is 0.180. The van der Waals surface area contributed by atoms with Crippen molar-refractivity contribution in [2.24, 2.45) is 0 Å². The lowest BCUT2D eigenvalue weighted by Gasteiger charge is -2.27. The number of nitrogens with one attached hydrogen (secondary N) is 1. The monoisotopic (exact) mass is 380 g/mol. The first-order valence-electron chi connectivity index (χ1n) is 8.76. The van der Waals surface area contributed by atoms with Crippen LogP contribution in [0.3, 0.4) is 0 Å². The minimum Gasteiger partial charge on any atom is -0.324 e. The first-order chi connectivity index (χ1) is 13.5. The zero-order valence-electron chi connectivity index (χ0n) is 15.0. The highest BCUT2D eigenvalue weighted by atomic mass is 19.1. The molecular formula is C19H17FN6O2. The van der Waals surface area contributed by atoms with E-state index < -0.39 is 5.82 Å². The molecular weight excluding hydrogens is 363 g/mol. The molecule has 1 aliphatic heterocycles. The topological polar surface area (TPSA) is 93.0 Å². The van der Waals surface area contributed by atoms with Crippen LogP contribution in [0.5, 0.6) is 0 Å². The number of aromatic nitrogens is 4. The lowest BCUT2D eigenvalue weighted by atomic mass is 10.1. The molecule has 1 N–H and O–H groups in total. The second kappa shape index (κ2) is 7.18. The molecule has 0 bridgehead atoms. The van der Waals surface area contributed by atoms with Gasteiger partial charge in [0.15, 0.2) is 0 Å². The van der Waals surface area contributed by atoms with Crippen LogP contribution in [0.1, 0.15) is 13.3 Å². The predicted molar refractivity (Wildman–Crippen MR) is 99.8 cm³/mol. The Morgan fingerprint density at radius 3 is 2.89 bits per heavy atom. The molecule has 142 valence electrons. The number of rotatable bonds is 3. The maximum atomic E-state index is 13.4. The summed E-state index contributed by atoms with van der Waals surface area (Å²) in [5.74, 6) is -0.604. The summed E-state index contributed by atoms with van der Waals surface area (Å²) < 4.78 is 13.4. The zero-order chi connectivity index (χ0) is 19.7. The maximum Gasteiger partial charge on any atom is 0.250 e. The van der Waals surface area contributed by atoms with Crippen LogP contribution in [0.4, 0.5) is 15.8 Å². The van der Waals surface area contributed by atoms with Gasteiger partial charge in [0.2, 0.25) is 11.7 Å². The van der Waals surface area contributed by atoms with Gasteiger partial charge in [-0.3, -0.25) is 9.59 Å². The Kier molecular flexibility index (Phi) is 4.56. The van der Waals surface area contributed by atoms with Crippen LogP contribution < -0.4 is 10.2 Å². The van der Waals surface area contributed by atoms with E-state index in [4.69, 9.17) is 0 Å². The van der Waals surface area contributed by atoms with Crippen molar-refractivity contribution in [2.75, 3.05) is 10.2 Å². The van der Waals surface area contributed by atoms with Crippen molar-refractivity contribution in [3.05, 3.63) is 54.3 Å². The number of hydrogen-bond donors (Lipinski definition) is 1. The molecule has 8 nitrogen and oxygen atoms in total. The van der Waals surface area contributed by atoms with Gasteiger partial charge in [-0.05, 0) is 36.4 Å². The molecule has 1 aromatic heterocycles. The van der Waals surface area contributed by atoms with Crippen molar-refractivity contribution in [1.82, 2.24) is 20.2 Å². The smallest absolute Gasteiger partial charge is 0.250 e. The SMILES string of the molecule is C[C@@H]1CC(=O)Nc2ccccc2N1C(=O)Cn1nnc(-c2cccc(F)c2)n1. The first kappa shape index (κ1) is 17.8. The summed E-state index contributed by atoms with van der Waals surface area (Å²) in [4.78, 5) is 27.8. The largest absolute Gasteiger partial charge is 0.324 e. The molecule has 9 heteroatoms. The molecule has 1 aliphatic rings. The first-order valence-corrected chi connectivity index (χ1v) is 8.76. The fourth-order valence-corrected chi connectivity index (χ4v) is 3.22. The highest BCUT2D eigenvalue weighted by Crippen LogP contribution is 2.31. The van der Waals surface area contributed by atoms with E-state index in [1.807, 2.05) is 6.92 Å². The normalized spacial score (nSPS) is 16.3. The summed E-state index contributed by atoms with van der Waals surface area (Å²) >= 11 is 0. The number of nitrogens with zero attached hydrogens (tertiary/aromatic N) is 5. The van der Waals surface area contributed by atoms with E-state index in [9.17, 15) is 14.0 Å². The number of para-hydroxylation sites is 2. The van der Waals surface area contributed by atoms with E-state index in [0.29, 0.717) is 16.9 Å². The van der Waals surface area contributed by atoms with Crippen LogP contribution in [0.25, 0.3) is 11.4 Å². The Morgan fingerprint density at radius 1 is 1.25 bits per heavy atom. The zero-order valence-corrected chi connectivity index (χ0v) is 15.0. The minimum absolute atomic E-state index is 0.150. The van der Waals surface area contributed by atoms with Gasteiger partial charge in [0.25, 0.3) is 5.91 Å². The summed E-state index contributed by atoms with van der Waals surface area (Å²) in [7, 11) is 0. The molecule has 3 aromatic rings. The third-order valence-corrected chi connectivity index (χ3v) is 4.44. The Hall–Kier alpha value is -3.62. The van der Waals surface area contributed by atoms with E-state index in [-0.39, 0.29) is 36.6 Å². The molecule has 0 spiro atoms. The fourth-order valence-electron chi connectivity index (χ4n) is 3.22. The summed E-state index contributed by atoms with van der Waals surface area (Å²) in [5.41, 5.74) is 1.68. The maximum absolute atomic E-state index is 13.4. The van der Waals surface area contributed by atoms with Gasteiger partial charge in [0, 0.05) is 18.0 Å². The number of carbonyl (C=O) groups excluding carboxylic acids is 2. The average Bonchev–Trinajstić information content (AvgIpc) is 3.06. The van der Waals surface area contributed by atoms with E-state index >= 15 is 0 Å². The van der Waals surface area contributed by atoms with E-state index in [2.05, 4.69) is 20.7 Å². The number of fused-ring (bicyclic) bond motifs is 1. The van der Waals surface area contributed by atoms with Crippen LogP contribution in [0.2, 0.25) is 0 Å². The number of benzene rings is 2. The van der Waals surface area contributed by atoms with Gasteiger partial charge in [-0.15, -0.1) is 10.2 Å². The molecule has 2 aromatic carbocycles. The molecule has 0 unspecified atom stereocenters. The Morgan fingerprint density at radius 2 is 2.07 bits per heavy atom. The van der Waals surface area contributed by atoms with Gasteiger partial charge in [-0.25, -0.2) is 4.39 Å². The van der Waals surface area contributed by atoms with Gasteiger partial charge in [0.05, 0.1) is 11.4 Å². The van der Waals surface area contributed by atoms with Crippen molar-refractivity contribution >= 4 is 23.2 Å². The molecule has 0 aliphatic carbocycles. The van der Waals surface area contributed by atoms with Gasteiger partial charge < -0.3 is 10.2 Å². The van der Waals surface area contributed by atoms with E-state index in [1.165, 1.54) is 12.1 Å². The Balaban J connectivity index is 1.59. The second-order valence-corrected chi connectivity index (χ2v) is 6.54. The minimum atomic E-state index is -0.405. The number of tetrazole rings is 1. The number of carbonyl (C=O) groups is 2. The Labute approximate surface area is 160 Å². The lowest BCUT2D eigenvalue weighted by molar-refractivity contribution is -0.120. The summed E-state index contributed by atoms with van der Waals surface area (Å²) in [5, 5.41) is 14.8. The van der Waals surface area contributed by atoms with Crippen LogP contribution >= 0.6 is 0 Å². The van der Waals surface area contributed by atoms with Gasteiger partial charge in [0.1, 0.15) is 12.4 Å². The van der Waals surface area contributed by atoms with Crippen molar-refractivity contribution in [3.63, 3.8) is 0 Å². The van der Waals surface area contributed by atoms with Crippen LogP contribution in [-0.2, 0) is 16.1 Å². The van der Waals surface area contributed by atoms with Gasteiger partial charge in [-0.2, -0.15) is 4.80 Å². The average molecular weight is 380 g/mol. The predicted octanol–water partition coefficient (Wildman–Crippen LogP) is 2.24. The van der Waals surface area contributed by atoms with Gasteiger partial charge in [-0.1, -0.05) is 24.3 Å². The molecule has 2 heterocycles. The summed E-state index contributed by atoms with van der Waals surface area (Å²) in [6, 6.07) is 12.6. The van der Waals surface area contributed by atoms with Crippen molar-refractivity contribution < 1.29 is 14.0 Å². The molecule has 0 saturated heterocycles. The highest BCUT2D eigenvalue weighted by molar-refractivity contribution is 6.04. The third-order valence-electron chi connectivity index (χ3n) is 4.44. The van der Waals surface area contributed by atoms with Crippen LogP contribution in [-0.4, -0.2) is 38.1 Å².